The fourth-order valence-corrected chi connectivity index (χ4v) is 7.53. The number of aliphatic hydroxyl groups is 3. The minimum Gasteiger partial charge on any atom is -0.508 e. The number of aliphatic imine (C=N–C) groups is 1. The van der Waals surface area contributed by atoms with Crippen molar-refractivity contribution < 1.29 is 63.7 Å². The lowest BCUT2D eigenvalue weighted by Crippen LogP contribution is -3.08. The molecular weight excluding hydrogens is 754 g/mol. The van der Waals surface area contributed by atoms with E-state index < -0.39 is 61.2 Å². The number of esters is 1. The molecule has 3 aliphatic heterocycles. The number of nitrogens with zero attached hydrogens (tertiary/aromatic N) is 1. The number of carboxylic acids is 1. The van der Waals surface area contributed by atoms with E-state index in [-0.39, 0.29) is 46.5 Å². The zero-order valence-corrected chi connectivity index (χ0v) is 31.8. The van der Waals surface area contributed by atoms with Crippen LogP contribution in [0.25, 0.3) is 27.8 Å². The minimum atomic E-state index is -1.71. The van der Waals surface area contributed by atoms with Crippen molar-refractivity contribution in [2.45, 2.75) is 57.0 Å². The lowest BCUT2D eigenvalue weighted by atomic mass is 9.97. The van der Waals surface area contributed by atoms with Crippen LogP contribution in [-0.4, -0.2) is 107 Å². The Kier molecular flexibility index (Phi) is 11.9. The first kappa shape index (κ1) is 40.5. The van der Waals surface area contributed by atoms with Crippen molar-refractivity contribution in [3.05, 3.63) is 111 Å². The Bertz CT molecular complexity index is 2330. The van der Waals surface area contributed by atoms with Crippen LogP contribution in [-0.2, 0) is 23.9 Å². The Labute approximate surface area is 331 Å². The second kappa shape index (κ2) is 17.0. The number of carbonyl (C=O) groups is 2. The molecule has 304 valence electrons. The number of allylic oxidation sites excluding steroid dienone is 1. The van der Waals surface area contributed by atoms with Gasteiger partial charge in [-0.15, -0.1) is 0 Å². The number of fused-ring (bicyclic) bond motifs is 2. The van der Waals surface area contributed by atoms with Crippen LogP contribution in [0.1, 0.15) is 23.1 Å². The average molecular weight is 799 g/mol. The first-order valence-corrected chi connectivity index (χ1v) is 18.7. The van der Waals surface area contributed by atoms with Crippen LogP contribution in [0.15, 0.2) is 98.5 Å². The van der Waals surface area contributed by atoms with Crippen LogP contribution in [0.3, 0.4) is 0 Å². The lowest BCUT2D eigenvalue weighted by Gasteiger charge is -2.41. The monoisotopic (exact) mass is 798 g/mol. The third-order valence-corrected chi connectivity index (χ3v) is 10.4. The summed E-state index contributed by atoms with van der Waals surface area (Å²) in [5, 5.41) is 55.4. The molecule has 1 fully saturated rings. The van der Waals surface area contributed by atoms with Crippen LogP contribution in [0.4, 0.5) is 0 Å². The number of hydrogen-bond acceptors (Lipinski definition) is 14. The third kappa shape index (κ3) is 8.17. The van der Waals surface area contributed by atoms with E-state index >= 15 is 0 Å². The zero-order chi connectivity index (χ0) is 41.2. The number of hydrogen-bond donors (Lipinski definition) is 7. The molecule has 3 aliphatic rings. The highest BCUT2D eigenvalue weighted by Gasteiger charge is 2.51. The summed E-state index contributed by atoms with van der Waals surface area (Å²) in [6, 6.07) is 15.6. The molecule has 1 aromatic heterocycles. The SMILES string of the molecule is CN[C@H](CCO)[C@@H](C(=O)O)C(=O)OC[C@@H]1O[C@H](Oc2ccc3c(=O)c(-c4ccc(O)cc4)coc3c2)[C@@H](O[NH+]2CC3=CC=NC3=C2c2cc(C)cc(C)c2)[C@H](O)[C@H]1O. The van der Waals surface area contributed by atoms with Gasteiger partial charge in [-0.3, -0.25) is 14.4 Å². The number of benzene rings is 3. The third-order valence-electron chi connectivity index (χ3n) is 10.4. The Balaban J connectivity index is 1.19. The number of nitrogens with one attached hydrogen (secondary N) is 2. The molecule has 0 amide bonds. The molecule has 0 aliphatic carbocycles. The molecule has 3 aromatic carbocycles. The number of aliphatic hydroxyl groups excluding tert-OH is 3. The summed E-state index contributed by atoms with van der Waals surface area (Å²) >= 11 is 0. The summed E-state index contributed by atoms with van der Waals surface area (Å²) in [7, 11) is 1.45. The van der Waals surface area contributed by atoms with Crippen molar-refractivity contribution in [2.75, 3.05) is 26.8 Å². The number of phenols is 1. The van der Waals surface area contributed by atoms with Crippen molar-refractivity contribution in [1.82, 2.24) is 5.32 Å². The van der Waals surface area contributed by atoms with E-state index in [2.05, 4.69) is 10.3 Å². The van der Waals surface area contributed by atoms with Gasteiger partial charge < -0.3 is 49.5 Å². The van der Waals surface area contributed by atoms with Crippen LogP contribution in [0.5, 0.6) is 11.5 Å². The van der Waals surface area contributed by atoms with E-state index in [1.807, 2.05) is 38.1 Å². The van der Waals surface area contributed by atoms with E-state index in [0.29, 0.717) is 28.6 Å². The maximum atomic E-state index is 13.5. The number of carboxylic acid groups (broad SMARTS) is 1. The average Bonchev–Trinajstić information content (AvgIpc) is 3.78. The van der Waals surface area contributed by atoms with Gasteiger partial charge >= 0.3 is 11.9 Å². The highest BCUT2D eigenvalue weighted by Crippen LogP contribution is 2.32. The van der Waals surface area contributed by atoms with Crippen LogP contribution < -0.4 is 20.5 Å². The molecule has 4 aromatic rings. The van der Waals surface area contributed by atoms with Gasteiger partial charge in [0.15, 0.2) is 17.0 Å². The van der Waals surface area contributed by atoms with Gasteiger partial charge in [-0.2, -0.15) is 9.90 Å². The molecule has 4 heterocycles. The molecule has 16 heteroatoms. The topological polar surface area (TPSA) is 231 Å². The molecule has 8 atom stereocenters. The fourth-order valence-electron chi connectivity index (χ4n) is 7.53. The van der Waals surface area contributed by atoms with Crippen molar-refractivity contribution in [3.63, 3.8) is 0 Å². The van der Waals surface area contributed by atoms with Gasteiger partial charge in [0, 0.05) is 36.1 Å². The number of aromatic hydroxyl groups is 1. The molecular formula is C42H44N3O13+. The maximum Gasteiger partial charge on any atom is 0.322 e. The first-order valence-electron chi connectivity index (χ1n) is 18.7. The van der Waals surface area contributed by atoms with Gasteiger partial charge in [0.25, 0.3) is 0 Å². The largest absolute Gasteiger partial charge is 0.508 e. The summed E-state index contributed by atoms with van der Waals surface area (Å²) in [5.74, 6) is -4.15. The molecule has 16 nitrogen and oxygen atoms in total. The second-order valence-electron chi connectivity index (χ2n) is 14.4. The van der Waals surface area contributed by atoms with Crippen molar-refractivity contribution in [1.29, 1.82) is 0 Å². The van der Waals surface area contributed by atoms with Crippen molar-refractivity contribution in [2.24, 2.45) is 10.9 Å². The Morgan fingerprint density at radius 1 is 1.02 bits per heavy atom. The quantitative estimate of drug-likeness (QED) is 0.0707. The molecule has 1 saturated heterocycles. The maximum absolute atomic E-state index is 13.5. The number of aryl methyl sites for hydroxylation is 2. The fraction of sp³-hybridized carbons (Fsp3) is 0.333. The minimum absolute atomic E-state index is 0.0452. The summed E-state index contributed by atoms with van der Waals surface area (Å²) in [5.41, 5.74) is 5.80. The summed E-state index contributed by atoms with van der Waals surface area (Å²) in [4.78, 5) is 49.8. The lowest BCUT2D eigenvalue weighted by molar-refractivity contribution is -1.04. The Morgan fingerprint density at radius 3 is 2.45 bits per heavy atom. The molecule has 0 radical (unpaired) electrons. The summed E-state index contributed by atoms with van der Waals surface area (Å²) < 4.78 is 23.7. The van der Waals surface area contributed by atoms with Gasteiger partial charge in [-0.05, 0) is 75.4 Å². The smallest absolute Gasteiger partial charge is 0.322 e. The highest BCUT2D eigenvalue weighted by atomic mass is 16.8. The van der Waals surface area contributed by atoms with Crippen LogP contribution in [0.2, 0.25) is 0 Å². The number of quaternary nitrogens is 1. The summed E-state index contributed by atoms with van der Waals surface area (Å²) in [6.45, 7) is 3.20. The van der Waals surface area contributed by atoms with E-state index in [0.717, 1.165) is 22.3 Å². The molecule has 0 saturated carbocycles. The van der Waals surface area contributed by atoms with E-state index in [1.165, 1.54) is 43.6 Å². The number of phenolic OH excluding ortho intramolecular Hbond substituents is 1. The molecule has 7 rings (SSSR count). The number of ether oxygens (including phenoxy) is 3. The predicted octanol–water partition coefficient (Wildman–Crippen LogP) is 1.40. The van der Waals surface area contributed by atoms with E-state index in [1.54, 1.807) is 18.3 Å². The van der Waals surface area contributed by atoms with Gasteiger partial charge in [0.05, 0.1) is 10.9 Å². The molecule has 0 spiro atoms. The Morgan fingerprint density at radius 2 is 1.76 bits per heavy atom. The van der Waals surface area contributed by atoms with E-state index in [4.69, 9.17) is 23.5 Å². The zero-order valence-electron chi connectivity index (χ0n) is 31.8. The number of aliphatic carboxylic acids is 1. The standard InChI is InChI=1S/C42H43N3O13/c1-21-14-22(2)16-25(15-21)35-34-24(10-12-44-34)18-45(35)58-39-38(50)37(49)32(20-55-41(53)33(40(51)52)30(43-3)11-13-46)57-42(39)56-27-8-9-28-31(17-27)54-19-29(36(28)48)23-4-6-26(47)7-5-23/h4-10,12,14-17,19,30,32-33,37-39,42-43,46-47,49-50H,11,13,18,20H2,1-3H3,(H,51,52)/p+1/t30-,32+,33+,37+,38-,39+,42+/m1/s1. The Hall–Kier alpha value is -5.72. The molecule has 7 N–H and O–H groups in total. The normalized spacial score (nSPS) is 23.7. The number of hydroxylamine groups is 2. The second-order valence-corrected chi connectivity index (χ2v) is 14.4. The van der Waals surface area contributed by atoms with Gasteiger partial charge in [-0.25, -0.2) is 4.99 Å². The summed E-state index contributed by atoms with van der Waals surface area (Å²) in [6.07, 6.45) is -2.87. The number of rotatable bonds is 14. The molecule has 58 heavy (non-hydrogen) atoms. The van der Waals surface area contributed by atoms with Gasteiger partial charge in [0.2, 0.25) is 12.4 Å². The first-order chi connectivity index (χ1) is 27.9. The molecule has 1 unspecified atom stereocenters. The van der Waals surface area contributed by atoms with Crippen LogP contribution >= 0.6 is 0 Å². The van der Waals surface area contributed by atoms with Gasteiger partial charge in [-0.1, -0.05) is 29.3 Å². The van der Waals surface area contributed by atoms with Gasteiger partial charge in [0.1, 0.15) is 60.5 Å². The number of carbonyl (C=O) groups excluding carboxylic acids is 1. The van der Waals surface area contributed by atoms with E-state index in [9.17, 15) is 39.9 Å². The van der Waals surface area contributed by atoms with Crippen molar-refractivity contribution in [3.8, 4) is 22.6 Å². The predicted molar refractivity (Wildman–Crippen MR) is 208 cm³/mol. The molecule has 0 bridgehead atoms. The van der Waals surface area contributed by atoms with Crippen LogP contribution in [0, 0.1) is 19.8 Å². The highest BCUT2D eigenvalue weighted by molar-refractivity contribution is 5.95. The van der Waals surface area contributed by atoms with Crippen molar-refractivity contribution >= 4 is 34.8 Å².